The number of nitrogens with two attached hydrogens (primary N) is 1. The number of nitrogens with zero attached hydrogens (tertiary/aromatic N) is 1. The highest BCUT2D eigenvalue weighted by Crippen LogP contribution is 2.43. The fourth-order valence-electron chi connectivity index (χ4n) is 3.13. The van der Waals surface area contributed by atoms with Gasteiger partial charge < -0.3 is 15.9 Å². The molecule has 1 heterocycles. The number of aliphatic hydroxyl groups excluding tert-OH is 1. The smallest absolute Gasteiger partial charge is 0.112 e. The minimum Gasteiger partial charge on any atom is -0.399 e. The third-order valence-corrected chi connectivity index (χ3v) is 5.77. The van der Waals surface area contributed by atoms with Crippen LogP contribution in [0.4, 0.5) is 5.69 Å². The fraction of sp³-hybridized carbons (Fsp3) is 0.562. The standard InChI is InChI=1S/C16H22N2O2S/c1-10-6-11(8-12(17)7-10)14-9-18-15(21-14)16(20)4-2-13(19)3-5-16/h6-8,13-14,19-20H,2-5,9,17H2,1H3/t13-,14?,16+. The molecule has 5 heteroatoms. The van der Waals surface area contributed by atoms with Gasteiger partial charge in [0, 0.05) is 5.69 Å². The summed E-state index contributed by atoms with van der Waals surface area (Å²) in [6.07, 6.45) is 2.23. The van der Waals surface area contributed by atoms with E-state index in [4.69, 9.17) is 5.73 Å². The van der Waals surface area contributed by atoms with Gasteiger partial charge in [-0.25, -0.2) is 0 Å². The summed E-state index contributed by atoms with van der Waals surface area (Å²) >= 11 is 1.65. The van der Waals surface area contributed by atoms with Gasteiger partial charge in [-0.2, -0.15) is 0 Å². The summed E-state index contributed by atoms with van der Waals surface area (Å²) in [5, 5.41) is 21.4. The van der Waals surface area contributed by atoms with Crippen molar-refractivity contribution in [3.63, 3.8) is 0 Å². The molecule has 2 aliphatic rings. The molecule has 1 unspecified atom stereocenters. The van der Waals surface area contributed by atoms with Gasteiger partial charge in [0.05, 0.1) is 17.9 Å². The van der Waals surface area contributed by atoms with Gasteiger partial charge in [-0.05, 0) is 55.9 Å². The van der Waals surface area contributed by atoms with E-state index in [9.17, 15) is 10.2 Å². The summed E-state index contributed by atoms with van der Waals surface area (Å²) in [7, 11) is 0. The van der Waals surface area contributed by atoms with Crippen LogP contribution >= 0.6 is 11.8 Å². The van der Waals surface area contributed by atoms with Gasteiger partial charge in [0.25, 0.3) is 0 Å². The number of anilines is 1. The lowest BCUT2D eigenvalue weighted by atomic mass is 9.84. The van der Waals surface area contributed by atoms with E-state index >= 15 is 0 Å². The first-order valence-electron chi connectivity index (χ1n) is 7.45. The van der Waals surface area contributed by atoms with Crippen LogP contribution in [0.5, 0.6) is 0 Å². The molecule has 1 fully saturated rings. The fourth-order valence-corrected chi connectivity index (χ4v) is 4.39. The van der Waals surface area contributed by atoms with Crippen LogP contribution in [-0.4, -0.2) is 33.5 Å². The Hall–Kier alpha value is -1.04. The molecule has 114 valence electrons. The number of hydrogen-bond acceptors (Lipinski definition) is 5. The van der Waals surface area contributed by atoms with Crippen LogP contribution in [0.2, 0.25) is 0 Å². The van der Waals surface area contributed by atoms with Gasteiger partial charge in [-0.3, -0.25) is 4.99 Å². The van der Waals surface area contributed by atoms with E-state index in [1.54, 1.807) is 11.8 Å². The third-order valence-electron chi connectivity index (χ3n) is 4.33. The molecule has 1 aliphatic heterocycles. The number of aliphatic imine (C=N–C) groups is 1. The van der Waals surface area contributed by atoms with Crippen molar-refractivity contribution < 1.29 is 10.2 Å². The third kappa shape index (κ3) is 3.10. The highest BCUT2D eigenvalue weighted by Gasteiger charge is 2.41. The molecule has 4 N–H and O–H groups in total. The Kier molecular flexibility index (Phi) is 3.99. The van der Waals surface area contributed by atoms with Gasteiger partial charge >= 0.3 is 0 Å². The van der Waals surface area contributed by atoms with Crippen LogP contribution in [0.15, 0.2) is 23.2 Å². The van der Waals surface area contributed by atoms with E-state index in [-0.39, 0.29) is 11.4 Å². The maximum Gasteiger partial charge on any atom is 0.112 e. The largest absolute Gasteiger partial charge is 0.399 e. The molecule has 21 heavy (non-hydrogen) atoms. The van der Waals surface area contributed by atoms with Crippen LogP contribution in [0, 0.1) is 6.92 Å². The topological polar surface area (TPSA) is 78.8 Å². The lowest BCUT2D eigenvalue weighted by Gasteiger charge is -2.34. The summed E-state index contributed by atoms with van der Waals surface area (Å²) in [5.41, 5.74) is 8.19. The molecule has 1 saturated carbocycles. The van der Waals surface area contributed by atoms with Crippen LogP contribution in [0.25, 0.3) is 0 Å². The van der Waals surface area contributed by atoms with E-state index < -0.39 is 5.60 Å². The maximum atomic E-state index is 10.8. The minimum atomic E-state index is -0.839. The Labute approximate surface area is 129 Å². The van der Waals surface area contributed by atoms with Crippen molar-refractivity contribution in [1.82, 2.24) is 0 Å². The van der Waals surface area contributed by atoms with Crippen molar-refractivity contribution in [3.8, 4) is 0 Å². The zero-order valence-corrected chi connectivity index (χ0v) is 13.1. The van der Waals surface area contributed by atoms with Gasteiger partial charge in [-0.1, -0.05) is 17.8 Å². The number of rotatable bonds is 2. The van der Waals surface area contributed by atoms with E-state index in [0.29, 0.717) is 32.2 Å². The zero-order valence-electron chi connectivity index (χ0n) is 12.2. The van der Waals surface area contributed by atoms with E-state index in [2.05, 4.69) is 11.1 Å². The average molecular weight is 306 g/mol. The van der Waals surface area contributed by atoms with E-state index in [1.807, 2.05) is 19.1 Å². The van der Waals surface area contributed by atoms with E-state index in [0.717, 1.165) is 16.3 Å². The summed E-state index contributed by atoms with van der Waals surface area (Å²) < 4.78 is 0. The minimum absolute atomic E-state index is 0.234. The highest BCUT2D eigenvalue weighted by atomic mass is 32.2. The molecule has 3 rings (SSSR count). The first-order valence-corrected chi connectivity index (χ1v) is 8.33. The maximum absolute atomic E-state index is 10.8. The molecule has 1 atom stereocenters. The lowest BCUT2D eigenvalue weighted by Crippen LogP contribution is -2.41. The summed E-state index contributed by atoms with van der Waals surface area (Å²) in [6, 6.07) is 6.10. The molecule has 0 amide bonds. The molecular weight excluding hydrogens is 284 g/mol. The predicted molar refractivity (Wildman–Crippen MR) is 87.7 cm³/mol. The zero-order chi connectivity index (χ0) is 15.0. The summed E-state index contributed by atoms with van der Waals surface area (Å²) in [6.45, 7) is 2.73. The SMILES string of the molecule is Cc1cc(N)cc(C2CN=C([C@]3(O)CC[C@@H](O)CC3)S2)c1. The second-order valence-electron chi connectivity index (χ2n) is 6.19. The Morgan fingerprint density at radius 1 is 1.29 bits per heavy atom. The molecule has 0 radical (unpaired) electrons. The normalized spacial score (nSPS) is 33.0. The number of benzene rings is 1. The molecule has 1 aromatic carbocycles. The molecule has 0 spiro atoms. The summed E-state index contributed by atoms with van der Waals surface area (Å²) in [4.78, 5) is 4.58. The molecular formula is C16H22N2O2S. The van der Waals surface area contributed by atoms with Gasteiger partial charge in [0.2, 0.25) is 0 Å². The van der Waals surface area contributed by atoms with Gasteiger partial charge in [0.15, 0.2) is 0 Å². The number of aryl methyl sites for hydroxylation is 1. The number of hydrogen-bond donors (Lipinski definition) is 3. The first-order chi connectivity index (χ1) is 9.96. The first kappa shape index (κ1) is 14.9. The van der Waals surface area contributed by atoms with Crippen molar-refractivity contribution >= 4 is 22.5 Å². The van der Waals surface area contributed by atoms with E-state index in [1.165, 1.54) is 5.56 Å². The predicted octanol–water partition coefficient (Wildman–Crippen LogP) is 2.43. The quantitative estimate of drug-likeness (QED) is 0.733. The van der Waals surface area contributed by atoms with Crippen molar-refractivity contribution in [2.45, 2.75) is 49.6 Å². The number of nitrogen functional groups attached to an aromatic ring is 1. The Bertz CT molecular complexity index is 545. The molecule has 0 bridgehead atoms. The van der Waals surface area contributed by atoms with Crippen LogP contribution in [0.3, 0.4) is 0 Å². The molecule has 4 nitrogen and oxygen atoms in total. The molecule has 1 aromatic rings. The Morgan fingerprint density at radius 2 is 2.00 bits per heavy atom. The van der Waals surface area contributed by atoms with Gasteiger partial charge in [-0.15, -0.1) is 0 Å². The van der Waals surface area contributed by atoms with Crippen molar-refractivity contribution in [3.05, 3.63) is 29.3 Å². The molecule has 1 aliphatic carbocycles. The molecule has 0 aromatic heterocycles. The molecule has 0 saturated heterocycles. The number of aliphatic hydroxyl groups is 2. The second-order valence-corrected chi connectivity index (χ2v) is 7.38. The van der Waals surface area contributed by atoms with Gasteiger partial charge in [0.1, 0.15) is 10.6 Å². The number of thioether (sulfide) groups is 1. The Balaban J connectivity index is 1.72. The van der Waals surface area contributed by atoms with Crippen LogP contribution in [-0.2, 0) is 0 Å². The monoisotopic (exact) mass is 306 g/mol. The van der Waals surface area contributed by atoms with Crippen LogP contribution in [0.1, 0.15) is 42.1 Å². The van der Waals surface area contributed by atoms with Crippen molar-refractivity contribution in [2.24, 2.45) is 4.99 Å². The lowest BCUT2D eigenvalue weighted by molar-refractivity contribution is 0.0194. The van der Waals surface area contributed by atoms with Crippen LogP contribution < -0.4 is 5.73 Å². The second kappa shape index (κ2) is 5.63. The van der Waals surface area contributed by atoms with Crippen molar-refractivity contribution in [1.29, 1.82) is 0 Å². The summed E-state index contributed by atoms with van der Waals surface area (Å²) in [5.74, 6) is 0. The Morgan fingerprint density at radius 3 is 2.67 bits per heavy atom. The van der Waals surface area contributed by atoms with Crippen molar-refractivity contribution in [2.75, 3.05) is 12.3 Å². The highest BCUT2D eigenvalue weighted by molar-refractivity contribution is 8.14. The average Bonchev–Trinajstić information content (AvgIpc) is 2.92.